The van der Waals surface area contributed by atoms with E-state index in [9.17, 15) is 4.79 Å². The van der Waals surface area contributed by atoms with Crippen LogP contribution in [0.5, 0.6) is 0 Å². The van der Waals surface area contributed by atoms with Crippen molar-refractivity contribution in [2.45, 2.75) is 39.2 Å². The highest BCUT2D eigenvalue weighted by Crippen LogP contribution is 2.22. The molecule has 0 spiro atoms. The van der Waals surface area contributed by atoms with Crippen molar-refractivity contribution in [3.63, 3.8) is 0 Å². The smallest absolute Gasteiger partial charge is 0.337 e. The van der Waals surface area contributed by atoms with Crippen LogP contribution < -0.4 is 0 Å². The molecule has 6 heteroatoms. The van der Waals surface area contributed by atoms with Crippen molar-refractivity contribution < 1.29 is 9.90 Å². The molecule has 0 radical (unpaired) electrons. The minimum atomic E-state index is -0.995. The van der Waals surface area contributed by atoms with Gasteiger partial charge in [0.15, 0.2) is 0 Å². The molecule has 1 saturated heterocycles. The number of piperidine rings is 1. The van der Waals surface area contributed by atoms with Gasteiger partial charge in [0.05, 0.1) is 23.1 Å². The van der Waals surface area contributed by atoms with Crippen molar-refractivity contribution in [2.24, 2.45) is 5.92 Å². The van der Waals surface area contributed by atoms with E-state index in [1.54, 1.807) is 24.7 Å². The number of pyridine rings is 1. The van der Waals surface area contributed by atoms with Gasteiger partial charge in [-0.2, -0.15) is 0 Å². The summed E-state index contributed by atoms with van der Waals surface area (Å²) < 4.78 is 0. The lowest BCUT2D eigenvalue weighted by molar-refractivity contribution is 0.0696. The molecule has 1 atom stereocenters. The minimum absolute atomic E-state index is 0.152. The predicted molar refractivity (Wildman–Crippen MR) is 95.4 cm³/mol. The lowest BCUT2D eigenvalue weighted by Gasteiger charge is -2.35. The molecule has 0 amide bonds. The molecule has 132 valence electrons. The summed E-state index contributed by atoms with van der Waals surface area (Å²) in [6.07, 6.45) is 9.86. The number of carbonyl (C=O) groups is 1. The first kappa shape index (κ1) is 17.5. The number of carboxylic acid groups (broad SMARTS) is 1. The molecule has 6 nitrogen and oxygen atoms in total. The number of aromatic carboxylic acids is 1. The Hall–Kier alpha value is -2.34. The molecule has 2 aromatic rings. The van der Waals surface area contributed by atoms with Gasteiger partial charge in [0.1, 0.15) is 0 Å². The molecule has 3 heterocycles. The molecule has 0 aliphatic carbocycles. The number of hydrogen-bond acceptors (Lipinski definition) is 5. The van der Waals surface area contributed by atoms with Gasteiger partial charge in [0, 0.05) is 36.7 Å². The summed E-state index contributed by atoms with van der Waals surface area (Å²) in [6, 6.07) is 2.16. The van der Waals surface area contributed by atoms with E-state index in [2.05, 4.69) is 33.7 Å². The Kier molecular flexibility index (Phi) is 5.38. The highest BCUT2D eigenvalue weighted by Gasteiger charge is 2.22. The van der Waals surface area contributed by atoms with E-state index in [1.807, 2.05) is 0 Å². The van der Waals surface area contributed by atoms with Gasteiger partial charge in [-0.15, -0.1) is 0 Å². The molecule has 1 N–H and O–H groups in total. The highest BCUT2D eigenvalue weighted by molar-refractivity contribution is 5.88. The Balaban J connectivity index is 1.68. The van der Waals surface area contributed by atoms with Crippen LogP contribution in [0.3, 0.4) is 0 Å². The summed E-state index contributed by atoms with van der Waals surface area (Å²) in [5, 5.41) is 9.06. The van der Waals surface area contributed by atoms with Crippen LogP contribution in [0.15, 0.2) is 30.9 Å². The Morgan fingerprint density at radius 3 is 2.80 bits per heavy atom. The van der Waals surface area contributed by atoms with Crippen molar-refractivity contribution in [2.75, 3.05) is 13.1 Å². The number of aromatic nitrogens is 3. The zero-order valence-electron chi connectivity index (χ0n) is 14.7. The maximum atomic E-state index is 11.1. The molecule has 3 rings (SSSR count). The van der Waals surface area contributed by atoms with Gasteiger partial charge in [-0.1, -0.05) is 0 Å². The molecular weight excluding hydrogens is 316 g/mol. The zero-order chi connectivity index (χ0) is 17.8. The van der Waals surface area contributed by atoms with E-state index in [4.69, 9.17) is 5.11 Å². The molecule has 0 unspecified atom stereocenters. The first-order chi connectivity index (χ1) is 12.0. The topological polar surface area (TPSA) is 79.2 Å². The molecule has 1 aliphatic heterocycles. The van der Waals surface area contributed by atoms with Crippen LogP contribution in [0, 0.1) is 5.92 Å². The number of nitrogens with zero attached hydrogens (tertiary/aromatic N) is 4. The van der Waals surface area contributed by atoms with Gasteiger partial charge in [-0.3, -0.25) is 15.0 Å². The fraction of sp³-hybridized carbons (Fsp3) is 0.474. The fourth-order valence-electron chi connectivity index (χ4n) is 3.33. The number of rotatable bonds is 5. The fourth-order valence-corrected chi connectivity index (χ4v) is 3.33. The molecule has 0 bridgehead atoms. The summed E-state index contributed by atoms with van der Waals surface area (Å²) in [5.74, 6) is -0.376. The van der Waals surface area contributed by atoms with E-state index in [0.29, 0.717) is 23.2 Å². The van der Waals surface area contributed by atoms with Crippen molar-refractivity contribution in [1.29, 1.82) is 0 Å². The van der Waals surface area contributed by atoms with E-state index in [1.165, 1.54) is 25.6 Å². The zero-order valence-corrected chi connectivity index (χ0v) is 14.7. The highest BCUT2D eigenvalue weighted by atomic mass is 16.4. The van der Waals surface area contributed by atoms with Gasteiger partial charge >= 0.3 is 5.97 Å². The van der Waals surface area contributed by atoms with Gasteiger partial charge in [0.25, 0.3) is 0 Å². The van der Waals surface area contributed by atoms with Gasteiger partial charge in [-0.05, 0) is 51.6 Å². The minimum Gasteiger partial charge on any atom is -0.478 e. The maximum Gasteiger partial charge on any atom is 0.337 e. The number of hydrogen-bond donors (Lipinski definition) is 1. The maximum absolute atomic E-state index is 11.1. The van der Waals surface area contributed by atoms with Crippen molar-refractivity contribution in [3.05, 3.63) is 42.1 Å². The molecular formula is C19H24N4O2. The largest absolute Gasteiger partial charge is 0.478 e. The van der Waals surface area contributed by atoms with Crippen LogP contribution in [0.4, 0.5) is 0 Å². The Morgan fingerprint density at radius 2 is 2.12 bits per heavy atom. The molecule has 1 aliphatic rings. The Labute approximate surface area is 148 Å². The third kappa shape index (κ3) is 4.39. The van der Waals surface area contributed by atoms with E-state index < -0.39 is 5.97 Å². The van der Waals surface area contributed by atoms with E-state index in [0.717, 1.165) is 18.7 Å². The second-order valence-corrected chi connectivity index (χ2v) is 6.96. The first-order valence-electron chi connectivity index (χ1n) is 8.76. The van der Waals surface area contributed by atoms with Crippen LogP contribution in [0.25, 0.3) is 11.3 Å². The van der Waals surface area contributed by atoms with Crippen LogP contribution in [-0.2, 0) is 6.42 Å². The Bertz CT molecular complexity index is 730. The van der Waals surface area contributed by atoms with Gasteiger partial charge in [-0.25, -0.2) is 4.79 Å². The normalized spacial score (nSPS) is 18.4. The third-order valence-corrected chi connectivity index (χ3v) is 4.76. The molecule has 1 fully saturated rings. The SMILES string of the molecule is CC(C)N1CCC[C@@H](Cc2cnc(-c3cncc(C(=O)O)c3)cn2)C1. The lowest BCUT2D eigenvalue weighted by atomic mass is 9.93. The molecule has 25 heavy (non-hydrogen) atoms. The van der Waals surface area contributed by atoms with Crippen molar-refractivity contribution in [1.82, 2.24) is 19.9 Å². The summed E-state index contributed by atoms with van der Waals surface area (Å²) in [6.45, 7) is 6.80. The van der Waals surface area contributed by atoms with Crippen molar-refractivity contribution in [3.8, 4) is 11.3 Å². The Morgan fingerprint density at radius 1 is 1.28 bits per heavy atom. The van der Waals surface area contributed by atoms with Crippen LogP contribution in [-0.4, -0.2) is 50.1 Å². The van der Waals surface area contributed by atoms with Crippen LogP contribution in [0.1, 0.15) is 42.7 Å². The van der Waals surface area contributed by atoms with Crippen molar-refractivity contribution >= 4 is 5.97 Å². The quantitative estimate of drug-likeness (QED) is 0.901. The average Bonchev–Trinajstić information content (AvgIpc) is 2.62. The average molecular weight is 340 g/mol. The summed E-state index contributed by atoms with van der Waals surface area (Å²) in [4.78, 5) is 26.5. The third-order valence-electron chi connectivity index (χ3n) is 4.76. The standard InChI is InChI=1S/C19H24N4O2/c1-13(2)23-5-3-4-14(12-23)6-17-10-22-18(11-21-17)15-7-16(19(24)25)9-20-8-15/h7-11,13-14H,3-6,12H2,1-2H3,(H,24,25)/t14-/m0/s1. The second-order valence-electron chi connectivity index (χ2n) is 6.96. The number of likely N-dealkylation sites (tertiary alicyclic amines) is 1. The van der Waals surface area contributed by atoms with Gasteiger partial charge in [0.2, 0.25) is 0 Å². The number of carboxylic acids is 1. The van der Waals surface area contributed by atoms with Crippen LogP contribution in [0.2, 0.25) is 0 Å². The summed E-state index contributed by atoms with van der Waals surface area (Å²) in [7, 11) is 0. The second kappa shape index (κ2) is 7.70. The van der Waals surface area contributed by atoms with E-state index >= 15 is 0 Å². The monoisotopic (exact) mass is 340 g/mol. The molecule has 0 saturated carbocycles. The van der Waals surface area contributed by atoms with E-state index in [-0.39, 0.29) is 5.56 Å². The predicted octanol–water partition coefficient (Wildman–Crippen LogP) is 2.90. The van der Waals surface area contributed by atoms with Crippen LogP contribution >= 0.6 is 0 Å². The van der Waals surface area contributed by atoms with Gasteiger partial charge < -0.3 is 10.0 Å². The first-order valence-corrected chi connectivity index (χ1v) is 8.76. The molecule has 0 aromatic carbocycles. The molecule has 2 aromatic heterocycles. The summed E-state index contributed by atoms with van der Waals surface area (Å²) >= 11 is 0. The summed E-state index contributed by atoms with van der Waals surface area (Å²) in [5.41, 5.74) is 2.45. The lowest BCUT2D eigenvalue weighted by Crippen LogP contribution is -2.40.